The zero-order valence-corrected chi connectivity index (χ0v) is 12.3. The van der Waals surface area contributed by atoms with Gasteiger partial charge in [0.25, 0.3) is 5.91 Å². The smallest absolute Gasteiger partial charge is 0.305 e. The zero-order chi connectivity index (χ0) is 17.1. The van der Waals surface area contributed by atoms with Crippen molar-refractivity contribution in [2.24, 2.45) is 5.92 Å². The van der Waals surface area contributed by atoms with Crippen LogP contribution < -0.4 is 5.32 Å². The third-order valence-electron chi connectivity index (χ3n) is 3.65. The van der Waals surface area contributed by atoms with Gasteiger partial charge in [-0.25, -0.2) is 8.78 Å². The molecule has 23 heavy (non-hydrogen) atoms. The summed E-state index contributed by atoms with van der Waals surface area (Å²) in [6.45, 7) is 1.40. The predicted octanol–water partition coefficient (Wildman–Crippen LogP) is -0.0779. The number of carbonyl (C=O) groups is 3. The number of aliphatic hydroxyl groups is 1. The molecule has 0 aromatic heterocycles. The molecule has 2 aliphatic heterocycles. The van der Waals surface area contributed by atoms with Crippen LogP contribution in [0.5, 0.6) is 0 Å². The Morgan fingerprint density at radius 3 is 2.83 bits per heavy atom. The Morgan fingerprint density at radius 1 is 1.48 bits per heavy atom. The summed E-state index contributed by atoms with van der Waals surface area (Å²) in [6, 6.07) is 0. The fraction of sp³-hybridized carbons (Fsp3) is 0.643. The Hall–Kier alpha value is -1.87. The molecule has 0 aromatic carbocycles. The Labute approximate surface area is 130 Å². The van der Waals surface area contributed by atoms with Gasteiger partial charge in [0.1, 0.15) is 24.9 Å². The quantitative estimate of drug-likeness (QED) is 0.539. The van der Waals surface area contributed by atoms with Crippen molar-refractivity contribution in [2.45, 2.75) is 44.2 Å². The van der Waals surface area contributed by atoms with Crippen LogP contribution in [0.15, 0.2) is 11.9 Å². The standard InChI is InChI=1S/C14H17F2NO6/c1-2-3-9(18)22-5-8-11(19)10(16)12(23-8)6-4-7(15)14(21)17-13(6)20/h4,6,8,10-12,19H,2-3,5H2,1H3,(H,17,20,21)/t6?,8-,10-,11-,12+/m1/s1. The number of alkyl halides is 1. The molecule has 2 aliphatic rings. The molecule has 1 fully saturated rings. The maximum absolute atomic E-state index is 14.2. The van der Waals surface area contributed by atoms with E-state index in [4.69, 9.17) is 9.47 Å². The molecule has 0 bridgehead atoms. The third-order valence-corrected chi connectivity index (χ3v) is 3.65. The van der Waals surface area contributed by atoms with Crippen molar-refractivity contribution in [3.8, 4) is 0 Å². The van der Waals surface area contributed by atoms with Gasteiger partial charge in [-0.2, -0.15) is 0 Å². The van der Waals surface area contributed by atoms with Crippen LogP contribution in [0.1, 0.15) is 19.8 Å². The average molecular weight is 333 g/mol. The fourth-order valence-electron chi connectivity index (χ4n) is 2.44. The van der Waals surface area contributed by atoms with E-state index in [2.05, 4.69) is 0 Å². The molecule has 2 amide bonds. The van der Waals surface area contributed by atoms with Crippen molar-refractivity contribution in [3.05, 3.63) is 11.9 Å². The van der Waals surface area contributed by atoms with Crippen LogP contribution in [0.2, 0.25) is 0 Å². The maximum Gasteiger partial charge on any atom is 0.305 e. The van der Waals surface area contributed by atoms with Gasteiger partial charge in [-0.15, -0.1) is 0 Å². The first-order valence-electron chi connectivity index (χ1n) is 7.20. The summed E-state index contributed by atoms with van der Waals surface area (Å²) in [4.78, 5) is 34.0. The number of hydrogen-bond donors (Lipinski definition) is 2. The number of carbonyl (C=O) groups excluding carboxylic acids is 3. The van der Waals surface area contributed by atoms with Crippen molar-refractivity contribution in [2.75, 3.05) is 6.61 Å². The van der Waals surface area contributed by atoms with Gasteiger partial charge in [-0.05, 0) is 12.5 Å². The highest BCUT2D eigenvalue weighted by atomic mass is 19.1. The lowest BCUT2D eigenvalue weighted by molar-refractivity contribution is -0.150. The first-order valence-corrected chi connectivity index (χ1v) is 7.20. The van der Waals surface area contributed by atoms with Crippen molar-refractivity contribution in [1.82, 2.24) is 5.32 Å². The predicted molar refractivity (Wildman–Crippen MR) is 71.3 cm³/mol. The Morgan fingerprint density at radius 2 is 2.17 bits per heavy atom. The van der Waals surface area contributed by atoms with Gasteiger partial charge in [0, 0.05) is 6.42 Å². The second-order valence-corrected chi connectivity index (χ2v) is 5.37. The van der Waals surface area contributed by atoms with Crippen molar-refractivity contribution >= 4 is 17.8 Å². The molecule has 0 saturated carbocycles. The van der Waals surface area contributed by atoms with Crippen LogP contribution in [0.4, 0.5) is 8.78 Å². The van der Waals surface area contributed by atoms with Crippen LogP contribution in [0, 0.1) is 5.92 Å². The molecule has 2 rings (SSSR count). The van der Waals surface area contributed by atoms with E-state index in [1.54, 1.807) is 12.2 Å². The number of imide groups is 1. The Kier molecular flexibility index (Phi) is 5.42. The number of ether oxygens (including phenoxy) is 2. The Bertz CT molecular complexity index is 537. The molecule has 2 N–H and O–H groups in total. The molecule has 0 aromatic rings. The number of halogens is 2. The summed E-state index contributed by atoms with van der Waals surface area (Å²) >= 11 is 0. The average Bonchev–Trinajstić information content (AvgIpc) is 2.77. The number of rotatable bonds is 5. The largest absolute Gasteiger partial charge is 0.463 e. The SMILES string of the molecule is CCCC(=O)OC[C@H]1O[C@@H](C2C=C(F)C(=O)NC2=O)[C@H](F)[C@@H]1O. The summed E-state index contributed by atoms with van der Waals surface area (Å²) in [5, 5.41) is 11.5. The number of esters is 1. The summed E-state index contributed by atoms with van der Waals surface area (Å²) in [5.74, 6) is -5.26. The molecule has 0 aliphatic carbocycles. The summed E-state index contributed by atoms with van der Waals surface area (Å²) in [6.07, 6.45) is -4.85. The lowest BCUT2D eigenvalue weighted by Gasteiger charge is -2.23. The lowest BCUT2D eigenvalue weighted by Crippen LogP contribution is -2.46. The maximum atomic E-state index is 14.2. The van der Waals surface area contributed by atoms with E-state index < -0.39 is 54.0 Å². The summed E-state index contributed by atoms with van der Waals surface area (Å²) < 4.78 is 37.5. The third kappa shape index (κ3) is 3.73. The zero-order valence-electron chi connectivity index (χ0n) is 12.3. The minimum atomic E-state index is -1.99. The monoisotopic (exact) mass is 333 g/mol. The van der Waals surface area contributed by atoms with Gasteiger partial charge in [0.15, 0.2) is 12.0 Å². The molecule has 128 valence electrons. The van der Waals surface area contributed by atoms with Crippen LogP contribution in [-0.4, -0.2) is 54.0 Å². The van der Waals surface area contributed by atoms with E-state index in [-0.39, 0.29) is 13.0 Å². The molecule has 1 saturated heterocycles. The minimum Gasteiger partial charge on any atom is -0.463 e. The first-order chi connectivity index (χ1) is 10.8. The summed E-state index contributed by atoms with van der Waals surface area (Å²) in [7, 11) is 0. The highest BCUT2D eigenvalue weighted by Gasteiger charge is 2.50. The molecule has 1 unspecified atom stereocenters. The second kappa shape index (κ2) is 7.14. The van der Waals surface area contributed by atoms with Gasteiger partial charge in [0.2, 0.25) is 5.91 Å². The molecule has 5 atom stereocenters. The van der Waals surface area contributed by atoms with Crippen molar-refractivity contribution < 1.29 is 37.7 Å². The topological polar surface area (TPSA) is 102 Å². The molecule has 2 heterocycles. The van der Waals surface area contributed by atoms with Gasteiger partial charge < -0.3 is 14.6 Å². The summed E-state index contributed by atoms with van der Waals surface area (Å²) in [5.41, 5.74) is 0. The second-order valence-electron chi connectivity index (χ2n) is 5.37. The molecule has 0 spiro atoms. The van der Waals surface area contributed by atoms with Crippen LogP contribution in [0.25, 0.3) is 0 Å². The van der Waals surface area contributed by atoms with E-state index in [1.807, 2.05) is 0 Å². The van der Waals surface area contributed by atoms with E-state index in [0.717, 1.165) is 0 Å². The number of aliphatic hydroxyl groups excluding tert-OH is 1. The Balaban J connectivity index is 2.03. The van der Waals surface area contributed by atoms with Gasteiger partial charge in [0.05, 0.1) is 5.92 Å². The fourth-order valence-corrected chi connectivity index (χ4v) is 2.44. The highest BCUT2D eigenvalue weighted by molar-refractivity contribution is 6.07. The first kappa shape index (κ1) is 17.5. The van der Waals surface area contributed by atoms with E-state index in [1.165, 1.54) is 0 Å². The molecule has 9 heteroatoms. The highest BCUT2D eigenvalue weighted by Crippen LogP contribution is 2.32. The molecule has 0 radical (unpaired) electrons. The van der Waals surface area contributed by atoms with Crippen molar-refractivity contribution in [3.63, 3.8) is 0 Å². The molecular weight excluding hydrogens is 316 g/mol. The number of hydrogen-bond acceptors (Lipinski definition) is 6. The van der Waals surface area contributed by atoms with E-state index in [9.17, 15) is 28.3 Å². The van der Waals surface area contributed by atoms with Crippen LogP contribution >= 0.6 is 0 Å². The normalized spacial score (nSPS) is 34.1. The van der Waals surface area contributed by atoms with Crippen LogP contribution in [-0.2, 0) is 23.9 Å². The van der Waals surface area contributed by atoms with Crippen LogP contribution in [0.3, 0.4) is 0 Å². The van der Waals surface area contributed by atoms with Gasteiger partial charge in [-0.1, -0.05) is 6.92 Å². The van der Waals surface area contributed by atoms with Crippen molar-refractivity contribution in [1.29, 1.82) is 0 Å². The number of nitrogens with one attached hydrogen (secondary N) is 1. The van der Waals surface area contributed by atoms with Gasteiger partial charge in [-0.3, -0.25) is 19.7 Å². The lowest BCUT2D eigenvalue weighted by atomic mass is 9.93. The van der Waals surface area contributed by atoms with E-state index in [0.29, 0.717) is 12.5 Å². The minimum absolute atomic E-state index is 0.173. The van der Waals surface area contributed by atoms with Gasteiger partial charge >= 0.3 is 5.97 Å². The number of amides is 2. The molecule has 7 nitrogen and oxygen atoms in total. The van der Waals surface area contributed by atoms with E-state index >= 15 is 0 Å². The molecular formula is C14H17F2NO6.